The van der Waals surface area contributed by atoms with Gasteiger partial charge in [0.15, 0.2) is 5.82 Å². The van der Waals surface area contributed by atoms with Crippen LogP contribution in [0, 0.1) is 0 Å². The number of aromatic amines is 1. The molecule has 0 saturated carbocycles. The van der Waals surface area contributed by atoms with E-state index in [1.165, 1.54) is 0 Å². The van der Waals surface area contributed by atoms with Gasteiger partial charge in [-0.2, -0.15) is 4.98 Å². The number of piperidine rings is 1. The van der Waals surface area contributed by atoms with Gasteiger partial charge in [-0.05, 0) is 31.5 Å². The molecule has 0 aliphatic carbocycles. The van der Waals surface area contributed by atoms with Gasteiger partial charge in [0.1, 0.15) is 5.82 Å². The molecule has 1 aliphatic rings. The molecule has 0 bridgehead atoms. The minimum absolute atomic E-state index is 0.343. The van der Waals surface area contributed by atoms with Crippen molar-refractivity contribution in [2.45, 2.75) is 25.2 Å². The van der Waals surface area contributed by atoms with E-state index in [2.05, 4.69) is 25.4 Å². The quantitative estimate of drug-likeness (QED) is 0.768. The van der Waals surface area contributed by atoms with Crippen LogP contribution in [0.2, 0.25) is 0 Å². The Hall–Kier alpha value is -2.21. The van der Waals surface area contributed by atoms with Crippen molar-refractivity contribution in [1.29, 1.82) is 0 Å². The van der Waals surface area contributed by atoms with Crippen LogP contribution in [-0.2, 0) is 6.42 Å². The van der Waals surface area contributed by atoms with Crippen molar-refractivity contribution >= 4 is 11.0 Å². The van der Waals surface area contributed by atoms with Crippen LogP contribution in [0.5, 0.6) is 0 Å². The first-order valence-corrected chi connectivity index (χ1v) is 7.35. The van der Waals surface area contributed by atoms with Gasteiger partial charge in [-0.25, -0.2) is 4.98 Å². The van der Waals surface area contributed by atoms with Gasteiger partial charge in [0.25, 0.3) is 0 Å². The summed E-state index contributed by atoms with van der Waals surface area (Å²) in [6.45, 7) is 2.00. The Balaban J connectivity index is 1.52. The van der Waals surface area contributed by atoms with E-state index in [1.54, 1.807) is 0 Å². The summed E-state index contributed by atoms with van der Waals surface area (Å²) in [5.41, 5.74) is 2.00. The number of para-hydroxylation sites is 2. The molecule has 1 aromatic carbocycles. The van der Waals surface area contributed by atoms with Crippen LogP contribution in [0.15, 0.2) is 28.8 Å². The maximum Gasteiger partial charge on any atom is 0.231 e. The Kier molecular flexibility index (Phi) is 3.16. The highest BCUT2D eigenvalue weighted by Gasteiger charge is 2.21. The van der Waals surface area contributed by atoms with E-state index in [9.17, 15) is 0 Å². The highest BCUT2D eigenvalue weighted by Crippen LogP contribution is 2.22. The van der Waals surface area contributed by atoms with Gasteiger partial charge >= 0.3 is 0 Å². The van der Waals surface area contributed by atoms with E-state index < -0.39 is 0 Å². The third-order valence-corrected chi connectivity index (χ3v) is 3.89. The van der Waals surface area contributed by atoms with E-state index in [0.29, 0.717) is 18.2 Å². The molecular formula is C15H17N5O. The number of nitrogens with zero attached hydrogens (tertiary/aromatic N) is 3. The van der Waals surface area contributed by atoms with Crippen molar-refractivity contribution < 1.29 is 4.52 Å². The molecule has 6 heteroatoms. The van der Waals surface area contributed by atoms with E-state index in [0.717, 1.165) is 48.7 Å². The normalized spacial score (nSPS) is 19.1. The molecule has 6 nitrogen and oxygen atoms in total. The van der Waals surface area contributed by atoms with Gasteiger partial charge in [0.05, 0.1) is 23.4 Å². The van der Waals surface area contributed by atoms with Crippen LogP contribution in [0.3, 0.4) is 0 Å². The number of hydrogen-bond donors (Lipinski definition) is 2. The fraction of sp³-hybridized carbons (Fsp3) is 0.400. The molecule has 2 aromatic heterocycles. The number of hydrogen-bond acceptors (Lipinski definition) is 5. The summed E-state index contributed by atoms with van der Waals surface area (Å²) in [4.78, 5) is 12.3. The average molecular weight is 283 g/mol. The summed E-state index contributed by atoms with van der Waals surface area (Å²) in [5, 5.41) is 7.45. The lowest BCUT2D eigenvalue weighted by Gasteiger charge is -2.18. The Morgan fingerprint density at radius 2 is 2.19 bits per heavy atom. The van der Waals surface area contributed by atoms with Crippen LogP contribution >= 0.6 is 0 Å². The molecule has 108 valence electrons. The summed E-state index contributed by atoms with van der Waals surface area (Å²) in [6, 6.07) is 7.98. The number of imidazole rings is 1. The van der Waals surface area contributed by atoms with Crippen LogP contribution in [0.4, 0.5) is 0 Å². The monoisotopic (exact) mass is 283 g/mol. The molecule has 1 saturated heterocycles. The molecule has 1 unspecified atom stereocenters. The maximum atomic E-state index is 5.41. The Labute approximate surface area is 122 Å². The van der Waals surface area contributed by atoms with Gasteiger partial charge in [0.2, 0.25) is 5.89 Å². The zero-order valence-electron chi connectivity index (χ0n) is 11.7. The van der Waals surface area contributed by atoms with Crippen molar-refractivity contribution in [2.75, 3.05) is 13.1 Å². The van der Waals surface area contributed by atoms with Gasteiger partial charge in [-0.3, -0.25) is 0 Å². The molecule has 0 spiro atoms. The largest absolute Gasteiger partial charge is 0.342 e. The molecular weight excluding hydrogens is 266 g/mol. The fourth-order valence-corrected chi connectivity index (χ4v) is 2.81. The predicted octanol–water partition coefficient (Wildman–Crippen LogP) is 2.00. The van der Waals surface area contributed by atoms with E-state index in [-0.39, 0.29) is 0 Å². The highest BCUT2D eigenvalue weighted by molar-refractivity contribution is 5.74. The van der Waals surface area contributed by atoms with E-state index >= 15 is 0 Å². The lowest BCUT2D eigenvalue weighted by Crippen LogP contribution is -2.28. The molecule has 3 heterocycles. The number of benzene rings is 1. The smallest absolute Gasteiger partial charge is 0.231 e. The van der Waals surface area contributed by atoms with Crippen LogP contribution < -0.4 is 5.32 Å². The minimum Gasteiger partial charge on any atom is -0.342 e. The second-order valence-electron chi connectivity index (χ2n) is 5.47. The molecule has 3 aromatic rings. The summed E-state index contributed by atoms with van der Waals surface area (Å²) < 4.78 is 5.41. The lowest BCUT2D eigenvalue weighted by atomic mass is 10.00. The van der Waals surface area contributed by atoms with Crippen molar-refractivity contribution in [3.63, 3.8) is 0 Å². The standard InChI is InChI=1S/C15H17N5O/c1-2-6-12-11(5-1)17-13(18-12)8-14-19-15(21-20-14)10-4-3-7-16-9-10/h1-2,5-6,10,16H,3-4,7-9H2,(H,17,18). The number of H-pyrrole nitrogens is 1. The SMILES string of the molecule is c1ccc2[nH]c(Cc3noc(C4CCCNC4)n3)nc2c1. The van der Waals surface area contributed by atoms with Crippen LogP contribution in [0.1, 0.15) is 36.3 Å². The topological polar surface area (TPSA) is 79.6 Å². The van der Waals surface area contributed by atoms with Gasteiger partial charge < -0.3 is 14.8 Å². The molecule has 1 atom stereocenters. The number of rotatable bonds is 3. The summed E-state index contributed by atoms with van der Waals surface area (Å²) in [6.07, 6.45) is 2.84. The molecule has 0 radical (unpaired) electrons. The maximum absolute atomic E-state index is 5.41. The van der Waals surface area contributed by atoms with Crippen LogP contribution in [0.25, 0.3) is 11.0 Å². The Morgan fingerprint density at radius 3 is 3.05 bits per heavy atom. The second-order valence-corrected chi connectivity index (χ2v) is 5.47. The molecule has 2 N–H and O–H groups in total. The first-order chi connectivity index (χ1) is 10.4. The minimum atomic E-state index is 0.343. The number of nitrogens with one attached hydrogen (secondary N) is 2. The Bertz CT molecular complexity index is 708. The third-order valence-electron chi connectivity index (χ3n) is 3.89. The highest BCUT2D eigenvalue weighted by atomic mass is 16.5. The van der Waals surface area contributed by atoms with Crippen molar-refractivity contribution in [3.8, 4) is 0 Å². The Morgan fingerprint density at radius 1 is 1.24 bits per heavy atom. The van der Waals surface area contributed by atoms with Crippen molar-refractivity contribution in [3.05, 3.63) is 41.8 Å². The first kappa shape index (κ1) is 12.5. The van der Waals surface area contributed by atoms with Crippen molar-refractivity contribution in [2.24, 2.45) is 0 Å². The molecule has 4 rings (SSSR count). The molecule has 1 fully saturated rings. The second kappa shape index (κ2) is 5.29. The zero-order chi connectivity index (χ0) is 14.1. The molecule has 0 amide bonds. The number of fused-ring (bicyclic) bond motifs is 1. The molecule has 1 aliphatic heterocycles. The molecule has 21 heavy (non-hydrogen) atoms. The predicted molar refractivity (Wildman–Crippen MR) is 78.0 cm³/mol. The fourth-order valence-electron chi connectivity index (χ4n) is 2.81. The summed E-state index contributed by atoms with van der Waals surface area (Å²) in [5.74, 6) is 2.64. The summed E-state index contributed by atoms with van der Waals surface area (Å²) >= 11 is 0. The van der Waals surface area contributed by atoms with Crippen molar-refractivity contribution in [1.82, 2.24) is 25.4 Å². The zero-order valence-corrected chi connectivity index (χ0v) is 11.7. The first-order valence-electron chi connectivity index (χ1n) is 7.35. The van der Waals surface area contributed by atoms with Gasteiger partial charge in [-0.1, -0.05) is 17.3 Å². The average Bonchev–Trinajstić information content (AvgIpc) is 3.14. The van der Waals surface area contributed by atoms with E-state index in [1.807, 2.05) is 24.3 Å². The lowest BCUT2D eigenvalue weighted by molar-refractivity contribution is 0.320. The van der Waals surface area contributed by atoms with Gasteiger partial charge in [-0.15, -0.1) is 0 Å². The van der Waals surface area contributed by atoms with Crippen LogP contribution in [-0.4, -0.2) is 33.2 Å². The van der Waals surface area contributed by atoms with E-state index in [4.69, 9.17) is 4.52 Å². The third kappa shape index (κ3) is 2.54. The van der Waals surface area contributed by atoms with Gasteiger partial charge in [0, 0.05) is 6.54 Å². The summed E-state index contributed by atoms with van der Waals surface area (Å²) in [7, 11) is 0. The number of aromatic nitrogens is 4.